The number of halogens is 1. The summed E-state index contributed by atoms with van der Waals surface area (Å²) in [6, 6.07) is 11.1. The summed E-state index contributed by atoms with van der Waals surface area (Å²) in [4.78, 5) is 9.38. The van der Waals surface area contributed by atoms with E-state index in [2.05, 4.69) is 64.3 Å². The van der Waals surface area contributed by atoms with Gasteiger partial charge in [0.2, 0.25) is 0 Å². The monoisotopic (exact) mass is 516 g/mol. The number of rotatable bonds is 7. The third-order valence-corrected chi connectivity index (χ3v) is 5.88. The van der Waals surface area contributed by atoms with Gasteiger partial charge in [-0.05, 0) is 31.5 Å². The first-order chi connectivity index (χ1) is 13.8. The second-order valence-corrected chi connectivity index (χ2v) is 7.48. The van der Waals surface area contributed by atoms with Crippen LogP contribution in [0.4, 0.5) is 0 Å². The van der Waals surface area contributed by atoms with E-state index in [4.69, 9.17) is 9.47 Å². The zero-order valence-corrected chi connectivity index (χ0v) is 20.4. The van der Waals surface area contributed by atoms with Crippen LogP contribution in [-0.2, 0) is 9.47 Å². The van der Waals surface area contributed by atoms with E-state index in [9.17, 15) is 0 Å². The van der Waals surface area contributed by atoms with Crippen molar-refractivity contribution >= 4 is 29.9 Å². The van der Waals surface area contributed by atoms with Crippen molar-refractivity contribution in [2.45, 2.75) is 44.9 Å². The molecule has 0 aliphatic carbocycles. The lowest BCUT2D eigenvalue weighted by Gasteiger charge is -2.38. The molecule has 2 saturated heterocycles. The fourth-order valence-electron chi connectivity index (χ4n) is 4.31. The van der Waals surface area contributed by atoms with Crippen LogP contribution in [0.5, 0.6) is 0 Å². The fraction of sp³-hybridized carbons (Fsp3) is 0.682. The number of ether oxygens (including phenoxy) is 2. The average Bonchev–Trinajstić information content (AvgIpc) is 3.29. The number of guanidine groups is 1. The Bertz CT molecular complexity index is 606. The maximum absolute atomic E-state index is 6.00. The smallest absolute Gasteiger partial charge is 0.193 e. The van der Waals surface area contributed by atoms with Crippen molar-refractivity contribution in [2.24, 2.45) is 4.99 Å². The van der Waals surface area contributed by atoms with Gasteiger partial charge in [-0.2, -0.15) is 0 Å². The molecule has 7 heteroatoms. The third kappa shape index (κ3) is 6.54. The topological polar surface area (TPSA) is 49.3 Å². The summed E-state index contributed by atoms with van der Waals surface area (Å²) in [6.45, 7) is 10.6. The van der Waals surface area contributed by atoms with Crippen LogP contribution >= 0.6 is 24.0 Å². The molecule has 0 amide bonds. The molecule has 2 fully saturated rings. The zero-order valence-electron chi connectivity index (χ0n) is 18.0. The minimum absolute atomic E-state index is 0. The van der Waals surface area contributed by atoms with Crippen molar-refractivity contribution in [3.05, 3.63) is 35.9 Å². The first-order valence-corrected chi connectivity index (χ1v) is 10.7. The van der Waals surface area contributed by atoms with Gasteiger partial charge in [0.1, 0.15) is 6.10 Å². The van der Waals surface area contributed by atoms with E-state index >= 15 is 0 Å². The van der Waals surface area contributed by atoms with Gasteiger partial charge in [-0.3, -0.25) is 9.89 Å². The molecular formula is C22H37IN4O2. The third-order valence-electron chi connectivity index (χ3n) is 5.88. The molecular weight excluding hydrogens is 479 g/mol. The molecule has 164 valence electrons. The van der Waals surface area contributed by atoms with Gasteiger partial charge in [0.05, 0.1) is 18.8 Å². The number of hydrogen-bond acceptors (Lipinski definition) is 4. The molecule has 2 heterocycles. The second-order valence-electron chi connectivity index (χ2n) is 7.48. The largest absolute Gasteiger partial charge is 0.375 e. The fourth-order valence-corrected chi connectivity index (χ4v) is 4.31. The van der Waals surface area contributed by atoms with Crippen molar-refractivity contribution in [1.29, 1.82) is 0 Å². The van der Waals surface area contributed by atoms with E-state index in [1.54, 1.807) is 0 Å². The van der Waals surface area contributed by atoms with Crippen LogP contribution in [0.1, 0.15) is 38.3 Å². The van der Waals surface area contributed by atoms with E-state index in [0.717, 1.165) is 64.7 Å². The van der Waals surface area contributed by atoms with Gasteiger partial charge in [0, 0.05) is 33.3 Å². The lowest BCUT2D eigenvalue weighted by Crippen LogP contribution is -2.54. The Morgan fingerprint density at radius 3 is 2.52 bits per heavy atom. The summed E-state index contributed by atoms with van der Waals surface area (Å²) in [5.41, 5.74) is 1.34. The molecule has 2 aliphatic rings. The van der Waals surface area contributed by atoms with E-state index < -0.39 is 0 Å². The minimum atomic E-state index is 0. The van der Waals surface area contributed by atoms with Crippen LogP contribution < -0.4 is 5.32 Å². The molecule has 0 bridgehead atoms. The summed E-state index contributed by atoms with van der Waals surface area (Å²) in [6.07, 6.45) is 2.61. The highest BCUT2D eigenvalue weighted by atomic mass is 127. The van der Waals surface area contributed by atoms with Gasteiger partial charge in [-0.15, -0.1) is 24.0 Å². The summed E-state index contributed by atoms with van der Waals surface area (Å²) in [5.74, 6) is 0.958. The molecule has 3 rings (SSSR count). The predicted octanol–water partition coefficient (Wildman–Crippen LogP) is 3.14. The van der Waals surface area contributed by atoms with Gasteiger partial charge in [0.15, 0.2) is 5.96 Å². The van der Waals surface area contributed by atoms with E-state index in [1.165, 1.54) is 5.56 Å². The average molecular weight is 516 g/mol. The van der Waals surface area contributed by atoms with Crippen LogP contribution in [0, 0.1) is 0 Å². The Labute approximate surface area is 193 Å². The van der Waals surface area contributed by atoms with Crippen LogP contribution in [0.2, 0.25) is 0 Å². The second kappa shape index (κ2) is 12.7. The lowest BCUT2D eigenvalue weighted by molar-refractivity contribution is -0.0817. The zero-order chi connectivity index (χ0) is 19.8. The molecule has 0 spiro atoms. The Hall–Kier alpha value is -0.900. The van der Waals surface area contributed by atoms with Crippen LogP contribution in [0.3, 0.4) is 0 Å². The number of hydrogen-bond donors (Lipinski definition) is 1. The van der Waals surface area contributed by atoms with E-state index in [0.29, 0.717) is 6.04 Å². The highest BCUT2D eigenvalue weighted by Crippen LogP contribution is 2.22. The summed E-state index contributed by atoms with van der Waals surface area (Å²) in [7, 11) is 1.87. The molecule has 0 aromatic heterocycles. The maximum atomic E-state index is 6.00. The molecule has 1 N–H and O–H groups in total. The standard InChI is InChI=1S/C22H36N4O2.HI/c1-4-25(5-2)19(18-10-7-6-8-11-18)16-24-22(23-3)26-13-15-28-21(17-26)20-12-9-14-27-20;/h6-8,10-11,19-21H,4-5,9,12-17H2,1-3H3,(H,23,24);1H. The molecule has 1 aromatic carbocycles. The molecule has 3 unspecified atom stereocenters. The van der Waals surface area contributed by atoms with E-state index in [-0.39, 0.29) is 36.2 Å². The first-order valence-electron chi connectivity index (χ1n) is 10.7. The molecule has 29 heavy (non-hydrogen) atoms. The number of aliphatic imine (C=N–C) groups is 1. The van der Waals surface area contributed by atoms with Gasteiger partial charge < -0.3 is 19.7 Å². The van der Waals surface area contributed by atoms with Crippen LogP contribution in [0.15, 0.2) is 35.3 Å². The number of benzene rings is 1. The molecule has 3 atom stereocenters. The van der Waals surface area contributed by atoms with Crippen LogP contribution in [0.25, 0.3) is 0 Å². The van der Waals surface area contributed by atoms with Gasteiger partial charge in [0.25, 0.3) is 0 Å². The Morgan fingerprint density at radius 2 is 1.90 bits per heavy atom. The molecule has 2 aliphatic heterocycles. The van der Waals surface area contributed by atoms with Crippen molar-refractivity contribution in [3.8, 4) is 0 Å². The lowest BCUT2D eigenvalue weighted by atomic mass is 10.1. The van der Waals surface area contributed by atoms with Crippen molar-refractivity contribution in [1.82, 2.24) is 15.1 Å². The summed E-state index contributed by atoms with van der Waals surface area (Å²) >= 11 is 0. The Morgan fingerprint density at radius 1 is 1.17 bits per heavy atom. The Kier molecular flexibility index (Phi) is 10.7. The highest BCUT2D eigenvalue weighted by Gasteiger charge is 2.32. The van der Waals surface area contributed by atoms with Crippen molar-refractivity contribution in [2.75, 3.05) is 53.0 Å². The SMILES string of the molecule is CCN(CC)C(CNC(=NC)N1CCOC(C2CCCO2)C1)c1ccccc1.I. The molecule has 1 aromatic rings. The maximum Gasteiger partial charge on any atom is 0.193 e. The number of nitrogens with one attached hydrogen (secondary N) is 1. The number of nitrogens with zero attached hydrogens (tertiary/aromatic N) is 3. The molecule has 6 nitrogen and oxygen atoms in total. The van der Waals surface area contributed by atoms with Crippen molar-refractivity contribution < 1.29 is 9.47 Å². The van der Waals surface area contributed by atoms with Gasteiger partial charge in [-0.1, -0.05) is 44.2 Å². The first kappa shape index (κ1) is 24.4. The quantitative estimate of drug-likeness (QED) is 0.343. The van der Waals surface area contributed by atoms with Gasteiger partial charge >= 0.3 is 0 Å². The highest BCUT2D eigenvalue weighted by molar-refractivity contribution is 14.0. The summed E-state index contributed by atoms with van der Waals surface area (Å²) in [5, 5.41) is 3.64. The van der Waals surface area contributed by atoms with E-state index in [1.807, 2.05) is 7.05 Å². The minimum Gasteiger partial charge on any atom is -0.375 e. The Balaban J connectivity index is 0.00000300. The predicted molar refractivity (Wildman–Crippen MR) is 129 cm³/mol. The van der Waals surface area contributed by atoms with Gasteiger partial charge in [-0.25, -0.2) is 0 Å². The van der Waals surface area contributed by atoms with Crippen LogP contribution in [-0.4, -0.2) is 81.0 Å². The summed E-state index contributed by atoms with van der Waals surface area (Å²) < 4.78 is 11.8. The molecule has 0 saturated carbocycles. The van der Waals surface area contributed by atoms with Crippen molar-refractivity contribution in [3.63, 3.8) is 0 Å². The molecule has 0 radical (unpaired) electrons. The number of morpholine rings is 1. The number of likely N-dealkylation sites (N-methyl/N-ethyl adjacent to an activating group) is 1. The normalized spacial score (nSPS) is 23.7.